The van der Waals surface area contributed by atoms with Crippen molar-refractivity contribution in [3.8, 4) is 28.2 Å². The molecule has 8 rings (SSSR count). The zero-order chi connectivity index (χ0) is 25.1. The molecule has 0 atom stereocenters. The van der Waals surface area contributed by atoms with Crippen LogP contribution in [0, 0.1) is 0 Å². The summed E-state index contributed by atoms with van der Waals surface area (Å²) in [7, 11) is 0. The van der Waals surface area contributed by atoms with Crippen LogP contribution in [0.3, 0.4) is 0 Å². The largest absolute Gasteiger partial charge is 0.438 e. The summed E-state index contributed by atoms with van der Waals surface area (Å²) in [6, 6.07) is 44.0. The number of pyridine rings is 1. The van der Waals surface area contributed by atoms with Crippen LogP contribution in [-0.2, 0) is 0 Å². The van der Waals surface area contributed by atoms with Gasteiger partial charge in [-0.1, -0.05) is 78.9 Å². The van der Waals surface area contributed by atoms with Gasteiger partial charge in [0.25, 0.3) is 0 Å². The molecular formula is C34H21N3O. The highest BCUT2D eigenvalue weighted by Gasteiger charge is 2.15. The minimum absolute atomic E-state index is 0.673. The molecule has 0 saturated carbocycles. The van der Waals surface area contributed by atoms with Crippen molar-refractivity contribution in [3.05, 3.63) is 127 Å². The van der Waals surface area contributed by atoms with Crippen molar-refractivity contribution in [3.63, 3.8) is 0 Å². The van der Waals surface area contributed by atoms with Crippen molar-refractivity contribution in [2.75, 3.05) is 0 Å². The van der Waals surface area contributed by atoms with Gasteiger partial charge in [-0.2, -0.15) is 0 Å². The highest BCUT2D eigenvalue weighted by atomic mass is 16.3. The van der Waals surface area contributed by atoms with E-state index in [1.165, 1.54) is 0 Å². The second kappa shape index (κ2) is 8.15. The van der Waals surface area contributed by atoms with Crippen LogP contribution in [0.5, 0.6) is 0 Å². The summed E-state index contributed by atoms with van der Waals surface area (Å²) in [5.74, 6) is 0.933. The van der Waals surface area contributed by atoms with E-state index in [4.69, 9.17) is 14.4 Å². The summed E-state index contributed by atoms with van der Waals surface area (Å²) >= 11 is 0. The fraction of sp³-hybridized carbons (Fsp3) is 0. The number of furan rings is 1. The smallest absolute Gasteiger partial charge is 0.227 e. The summed E-state index contributed by atoms with van der Waals surface area (Å²) in [5, 5.41) is 3.24. The van der Waals surface area contributed by atoms with Gasteiger partial charge in [0.1, 0.15) is 11.4 Å². The van der Waals surface area contributed by atoms with E-state index in [0.717, 1.165) is 66.5 Å². The van der Waals surface area contributed by atoms with Crippen LogP contribution in [0.25, 0.3) is 72.2 Å². The van der Waals surface area contributed by atoms with E-state index in [1.54, 1.807) is 0 Å². The lowest BCUT2D eigenvalue weighted by Crippen LogP contribution is -1.97. The molecule has 0 N–H and O–H groups in total. The Morgan fingerprint density at radius 1 is 0.526 bits per heavy atom. The first-order valence-corrected chi connectivity index (χ1v) is 12.7. The van der Waals surface area contributed by atoms with Crippen LogP contribution in [0.2, 0.25) is 0 Å². The van der Waals surface area contributed by atoms with Crippen LogP contribution in [-0.4, -0.2) is 14.5 Å². The molecule has 3 aromatic heterocycles. The van der Waals surface area contributed by atoms with Gasteiger partial charge in [-0.25, -0.2) is 9.97 Å². The number of hydrogen-bond acceptors (Lipinski definition) is 3. The lowest BCUT2D eigenvalue weighted by atomic mass is 10.0. The number of para-hydroxylation sites is 3. The van der Waals surface area contributed by atoms with Gasteiger partial charge >= 0.3 is 0 Å². The minimum atomic E-state index is 0.673. The number of benzene rings is 5. The Morgan fingerprint density at radius 2 is 1.26 bits per heavy atom. The first-order valence-electron chi connectivity index (χ1n) is 12.7. The number of rotatable bonds is 3. The molecule has 4 heteroatoms. The van der Waals surface area contributed by atoms with Gasteiger partial charge in [0.15, 0.2) is 0 Å². The molecule has 8 aromatic rings. The first kappa shape index (κ1) is 20.9. The van der Waals surface area contributed by atoms with Crippen LogP contribution >= 0.6 is 0 Å². The van der Waals surface area contributed by atoms with Gasteiger partial charge in [0.05, 0.1) is 16.6 Å². The SMILES string of the molecule is c1ccc(-c2nc3ccccc3n2-c2ccc(-c3ccc4c(c3)oc3nc5ccccc5cc34)cc2)cc1. The van der Waals surface area contributed by atoms with E-state index >= 15 is 0 Å². The molecule has 0 spiro atoms. The van der Waals surface area contributed by atoms with E-state index in [-0.39, 0.29) is 0 Å². The second-order valence-corrected chi connectivity index (χ2v) is 9.52. The average Bonchev–Trinajstić information content (AvgIpc) is 3.54. The maximum atomic E-state index is 6.19. The molecule has 0 aliphatic carbocycles. The number of hydrogen-bond donors (Lipinski definition) is 0. The molecule has 4 nitrogen and oxygen atoms in total. The summed E-state index contributed by atoms with van der Waals surface area (Å²) < 4.78 is 8.42. The van der Waals surface area contributed by atoms with E-state index < -0.39 is 0 Å². The number of aromatic nitrogens is 3. The van der Waals surface area contributed by atoms with Crippen LogP contribution in [0.1, 0.15) is 0 Å². The number of fused-ring (bicyclic) bond motifs is 5. The highest BCUT2D eigenvalue weighted by molar-refractivity contribution is 6.08. The standard InChI is InChI=1S/C34H21N3O/c1-2-8-23(9-3-1)33-35-30-12-6-7-13-31(30)37(33)26-17-14-22(15-18-26)24-16-19-27-28-20-25-10-4-5-11-29(25)36-34(28)38-32(27)21-24/h1-21H. The second-order valence-electron chi connectivity index (χ2n) is 9.52. The molecule has 5 aromatic carbocycles. The predicted octanol–water partition coefficient (Wildman–Crippen LogP) is 8.81. The van der Waals surface area contributed by atoms with Crippen molar-refractivity contribution >= 4 is 44.0 Å². The Labute approximate surface area is 218 Å². The fourth-order valence-corrected chi connectivity index (χ4v) is 5.35. The van der Waals surface area contributed by atoms with Crippen molar-refractivity contribution in [1.29, 1.82) is 0 Å². The van der Waals surface area contributed by atoms with E-state index in [1.807, 2.05) is 30.3 Å². The predicted molar refractivity (Wildman–Crippen MR) is 155 cm³/mol. The summed E-state index contributed by atoms with van der Waals surface area (Å²) in [6.45, 7) is 0. The van der Waals surface area contributed by atoms with E-state index in [9.17, 15) is 0 Å². The molecule has 0 radical (unpaired) electrons. The Bertz CT molecular complexity index is 2120. The van der Waals surface area contributed by atoms with E-state index in [2.05, 4.69) is 102 Å². The van der Waals surface area contributed by atoms with Crippen molar-refractivity contribution < 1.29 is 4.42 Å². The Morgan fingerprint density at radius 3 is 2.13 bits per heavy atom. The molecule has 0 amide bonds. The van der Waals surface area contributed by atoms with Crippen LogP contribution in [0.15, 0.2) is 132 Å². The fourth-order valence-electron chi connectivity index (χ4n) is 5.35. The van der Waals surface area contributed by atoms with Gasteiger partial charge < -0.3 is 4.42 Å². The summed E-state index contributed by atoms with van der Waals surface area (Å²) in [4.78, 5) is 9.70. The third kappa shape index (κ3) is 3.24. The summed E-state index contributed by atoms with van der Waals surface area (Å²) in [6.07, 6.45) is 0. The van der Waals surface area contributed by atoms with Crippen LogP contribution in [0.4, 0.5) is 0 Å². The van der Waals surface area contributed by atoms with Gasteiger partial charge in [-0.3, -0.25) is 4.57 Å². The average molecular weight is 488 g/mol. The summed E-state index contributed by atoms with van der Waals surface area (Å²) in [5.41, 5.74) is 8.91. The topological polar surface area (TPSA) is 43.9 Å². The molecule has 178 valence electrons. The molecular weight excluding hydrogens is 466 g/mol. The Balaban J connectivity index is 1.23. The van der Waals surface area contributed by atoms with Crippen molar-refractivity contribution in [2.24, 2.45) is 0 Å². The van der Waals surface area contributed by atoms with Gasteiger partial charge in [0.2, 0.25) is 5.71 Å². The molecule has 0 unspecified atom stereocenters. The van der Waals surface area contributed by atoms with Crippen molar-refractivity contribution in [1.82, 2.24) is 14.5 Å². The minimum Gasteiger partial charge on any atom is -0.438 e. The lowest BCUT2D eigenvalue weighted by Gasteiger charge is -2.11. The molecule has 38 heavy (non-hydrogen) atoms. The molecule has 0 aliphatic heterocycles. The first-order chi connectivity index (χ1) is 18.8. The number of nitrogens with zero attached hydrogens (tertiary/aromatic N) is 3. The maximum Gasteiger partial charge on any atom is 0.227 e. The van der Waals surface area contributed by atoms with E-state index in [0.29, 0.717) is 5.71 Å². The third-order valence-electron chi connectivity index (χ3n) is 7.22. The third-order valence-corrected chi connectivity index (χ3v) is 7.22. The molecule has 0 fully saturated rings. The van der Waals surface area contributed by atoms with Crippen LogP contribution < -0.4 is 0 Å². The van der Waals surface area contributed by atoms with Crippen molar-refractivity contribution in [2.45, 2.75) is 0 Å². The monoisotopic (exact) mass is 487 g/mol. The quantitative estimate of drug-likeness (QED) is 0.250. The van der Waals surface area contributed by atoms with Gasteiger partial charge in [-0.15, -0.1) is 0 Å². The zero-order valence-corrected chi connectivity index (χ0v) is 20.4. The maximum absolute atomic E-state index is 6.19. The van der Waals surface area contributed by atoms with Gasteiger partial charge in [-0.05, 0) is 59.7 Å². The molecule has 0 bridgehead atoms. The zero-order valence-electron chi connectivity index (χ0n) is 20.4. The lowest BCUT2D eigenvalue weighted by molar-refractivity contribution is 0.656. The highest BCUT2D eigenvalue weighted by Crippen LogP contribution is 2.34. The molecule has 0 saturated heterocycles. The Kier molecular flexibility index (Phi) is 4.49. The molecule has 0 aliphatic rings. The van der Waals surface area contributed by atoms with Gasteiger partial charge in [0, 0.05) is 27.4 Å². The normalized spacial score (nSPS) is 11.7. The molecule has 3 heterocycles. The number of imidazole rings is 1. The Hall–Kier alpha value is -5.22.